The van der Waals surface area contributed by atoms with Crippen LogP contribution in [0.5, 0.6) is 0 Å². The summed E-state index contributed by atoms with van der Waals surface area (Å²) in [5.41, 5.74) is 2.14. The van der Waals surface area contributed by atoms with Gasteiger partial charge >= 0.3 is 0 Å². The average Bonchev–Trinajstić information content (AvgIpc) is 2.78. The van der Waals surface area contributed by atoms with Crippen LogP contribution in [0.2, 0.25) is 0 Å². The van der Waals surface area contributed by atoms with Crippen LogP contribution in [0.1, 0.15) is 17.5 Å². The first-order valence-corrected chi connectivity index (χ1v) is 8.97. The Labute approximate surface area is 153 Å². The molecule has 132 valence electrons. The third kappa shape index (κ3) is 5.16. The summed E-state index contributed by atoms with van der Waals surface area (Å²) in [6.45, 7) is 0.887. The Bertz CT molecular complexity index is 659. The summed E-state index contributed by atoms with van der Waals surface area (Å²) in [6, 6.07) is 19.9. The molecule has 1 N–H and O–H groups in total. The molecule has 0 heterocycles. The van der Waals surface area contributed by atoms with Crippen LogP contribution in [0.15, 0.2) is 72.8 Å². The monoisotopic (exact) mass is 358 g/mol. The Morgan fingerprint density at radius 3 is 2.04 bits per heavy atom. The number of ether oxygens (including phenoxy) is 2. The summed E-state index contributed by atoms with van der Waals surface area (Å²) >= 11 is 6.62. The van der Waals surface area contributed by atoms with E-state index in [2.05, 4.69) is 0 Å². The predicted molar refractivity (Wildman–Crippen MR) is 99.4 cm³/mol. The molecule has 0 bridgehead atoms. The maximum atomic E-state index is 10.4. The highest BCUT2D eigenvalue weighted by atomic mass is 35.5. The third-order valence-corrected chi connectivity index (χ3v) is 4.78. The highest BCUT2D eigenvalue weighted by Crippen LogP contribution is 2.25. The minimum Gasteiger partial charge on any atom is -0.390 e. The van der Waals surface area contributed by atoms with E-state index in [0.717, 1.165) is 11.1 Å². The Kier molecular flexibility index (Phi) is 6.65. The number of benzene rings is 2. The standard InChI is InChI=1S/C21H23ClO3/c22-20-19(24-14-16-8-3-1-4-9-16)13-7-12-18(23)21(20)25-15-17-10-5-2-6-11-17/h1-11,13,18-21,23H,12,14-15H2/t18-,19+,20+,21+/m1/s1. The van der Waals surface area contributed by atoms with Gasteiger partial charge in [0.1, 0.15) is 6.10 Å². The molecule has 0 fully saturated rings. The topological polar surface area (TPSA) is 38.7 Å². The van der Waals surface area contributed by atoms with E-state index >= 15 is 0 Å². The van der Waals surface area contributed by atoms with Crippen molar-refractivity contribution < 1.29 is 14.6 Å². The van der Waals surface area contributed by atoms with Gasteiger partial charge in [0.05, 0.1) is 30.8 Å². The molecule has 0 saturated carbocycles. The molecule has 4 heteroatoms. The number of hydrogen-bond donors (Lipinski definition) is 1. The zero-order valence-corrected chi connectivity index (χ0v) is 14.8. The van der Waals surface area contributed by atoms with Crippen molar-refractivity contribution in [3.05, 3.63) is 83.9 Å². The van der Waals surface area contributed by atoms with E-state index in [-0.39, 0.29) is 6.10 Å². The number of rotatable bonds is 6. The normalized spacial score (nSPS) is 26.3. The van der Waals surface area contributed by atoms with E-state index in [9.17, 15) is 5.11 Å². The molecule has 2 aromatic carbocycles. The fourth-order valence-electron chi connectivity index (χ4n) is 2.88. The lowest BCUT2D eigenvalue weighted by molar-refractivity contribution is -0.0649. The van der Waals surface area contributed by atoms with Crippen LogP contribution in [0.25, 0.3) is 0 Å². The molecular formula is C21H23ClO3. The molecule has 3 rings (SSSR count). The van der Waals surface area contributed by atoms with Gasteiger partial charge in [0, 0.05) is 0 Å². The molecule has 0 aliphatic heterocycles. The van der Waals surface area contributed by atoms with Crippen LogP contribution in [0.3, 0.4) is 0 Å². The van der Waals surface area contributed by atoms with Crippen molar-refractivity contribution >= 4 is 11.6 Å². The number of halogens is 1. The zero-order chi connectivity index (χ0) is 17.5. The van der Waals surface area contributed by atoms with Gasteiger partial charge in [-0.05, 0) is 17.5 Å². The van der Waals surface area contributed by atoms with Crippen molar-refractivity contribution in [2.45, 2.75) is 43.3 Å². The SMILES string of the molecule is O[C@@H]1CC=C[C@H](OCc2ccccc2)[C@H](Cl)[C@H]1OCc1ccccc1. The number of aliphatic hydroxyl groups is 1. The summed E-state index contributed by atoms with van der Waals surface area (Å²) in [6.07, 6.45) is 2.91. The molecule has 1 aliphatic rings. The molecule has 0 unspecified atom stereocenters. The molecule has 1 aliphatic carbocycles. The van der Waals surface area contributed by atoms with E-state index < -0.39 is 17.6 Å². The summed E-state index contributed by atoms with van der Waals surface area (Å²) < 4.78 is 11.9. The summed E-state index contributed by atoms with van der Waals surface area (Å²) in [4.78, 5) is 0. The van der Waals surface area contributed by atoms with E-state index in [1.165, 1.54) is 0 Å². The van der Waals surface area contributed by atoms with Gasteiger partial charge in [-0.1, -0.05) is 72.8 Å². The molecule has 2 aromatic rings. The second-order valence-electron chi connectivity index (χ2n) is 6.20. The maximum absolute atomic E-state index is 10.4. The van der Waals surface area contributed by atoms with Gasteiger partial charge in [-0.2, -0.15) is 0 Å². The summed E-state index contributed by atoms with van der Waals surface area (Å²) in [7, 11) is 0. The Morgan fingerprint density at radius 2 is 1.44 bits per heavy atom. The molecule has 3 nitrogen and oxygen atoms in total. The first-order valence-electron chi connectivity index (χ1n) is 8.54. The van der Waals surface area contributed by atoms with Crippen LogP contribution >= 0.6 is 11.6 Å². The largest absolute Gasteiger partial charge is 0.390 e. The molecule has 25 heavy (non-hydrogen) atoms. The molecule has 0 spiro atoms. The van der Waals surface area contributed by atoms with Gasteiger partial charge in [0.25, 0.3) is 0 Å². The second-order valence-corrected chi connectivity index (χ2v) is 6.70. The lowest BCUT2D eigenvalue weighted by Gasteiger charge is -2.29. The lowest BCUT2D eigenvalue weighted by Crippen LogP contribution is -2.41. The first kappa shape index (κ1) is 18.2. The highest BCUT2D eigenvalue weighted by Gasteiger charge is 2.34. The van der Waals surface area contributed by atoms with E-state index in [4.69, 9.17) is 21.1 Å². The minimum absolute atomic E-state index is 0.306. The minimum atomic E-state index is -0.646. The Morgan fingerprint density at radius 1 is 0.880 bits per heavy atom. The van der Waals surface area contributed by atoms with Crippen LogP contribution < -0.4 is 0 Å². The van der Waals surface area contributed by atoms with Crippen molar-refractivity contribution in [2.75, 3.05) is 0 Å². The molecule has 4 atom stereocenters. The van der Waals surface area contributed by atoms with Crippen molar-refractivity contribution in [1.82, 2.24) is 0 Å². The van der Waals surface area contributed by atoms with Crippen molar-refractivity contribution in [2.24, 2.45) is 0 Å². The van der Waals surface area contributed by atoms with Crippen LogP contribution in [0.4, 0.5) is 0 Å². The average molecular weight is 359 g/mol. The van der Waals surface area contributed by atoms with Gasteiger partial charge in [-0.15, -0.1) is 11.6 Å². The highest BCUT2D eigenvalue weighted by molar-refractivity contribution is 6.21. The lowest BCUT2D eigenvalue weighted by atomic mass is 10.1. The number of hydrogen-bond acceptors (Lipinski definition) is 3. The van der Waals surface area contributed by atoms with Crippen LogP contribution in [-0.2, 0) is 22.7 Å². The predicted octanol–water partition coefficient (Wildman–Crippen LogP) is 4.09. The fraction of sp³-hybridized carbons (Fsp3) is 0.333. The first-order chi connectivity index (χ1) is 12.2. The molecular weight excluding hydrogens is 336 g/mol. The van der Waals surface area contributed by atoms with Crippen molar-refractivity contribution in [3.8, 4) is 0 Å². The number of aliphatic hydroxyl groups excluding tert-OH is 1. The molecule has 0 radical (unpaired) electrons. The fourth-order valence-corrected chi connectivity index (χ4v) is 3.27. The summed E-state index contributed by atoms with van der Waals surface area (Å²) in [5.74, 6) is 0. The Balaban J connectivity index is 1.61. The van der Waals surface area contributed by atoms with E-state index in [1.807, 2.05) is 72.8 Å². The van der Waals surface area contributed by atoms with E-state index in [1.54, 1.807) is 0 Å². The summed E-state index contributed by atoms with van der Waals surface area (Å²) in [5, 5.41) is 9.93. The van der Waals surface area contributed by atoms with Crippen molar-refractivity contribution in [1.29, 1.82) is 0 Å². The molecule has 0 aromatic heterocycles. The zero-order valence-electron chi connectivity index (χ0n) is 14.0. The van der Waals surface area contributed by atoms with E-state index in [0.29, 0.717) is 19.6 Å². The second kappa shape index (κ2) is 9.16. The van der Waals surface area contributed by atoms with Crippen molar-refractivity contribution in [3.63, 3.8) is 0 Å². The van der Waals surface area contributed by atoms with Crippen LogP contribution in [-0.4, -0.2) is 28.8 Å². The van der Waals surface area contributed by atoms with Gasteiger partial charge in [-0.25, -0.2) is 0 Å². The van der Waals surface area contributed by atoms with Gasteiger partial charge in [0.2, 0.25) is 0 Å². The smallest absolute Gasteiger partial charge is 0.103 e. The van der Waals surface area contributed by atoms with Gasteiger partial charge in [0.15, 0.2) is 0 Å². The Hall–Kier alpha value is -1.65. The third-order valence-electron chi connectivity index (χ3n) is 4.28. The van der Waals surface area contributed by atoms with Gasteiger partial charge < -0.3 is 14.6 Å². The number of alkyl halides is 1. The van der Waals surface area contributed by atoms with Crippen LogP contribution in [0, 0.1) is 0 Å². The quantitative estimate of drug-likeness (QED) is 0.624. The van der Waals surface area contributed by atoms with Gasteiger partial charge in [-0.3, -0.25) is 0 Å². The maximum Gasteiger partial charge on any atom is 0.103 e. The molecule has 0 amide bonds. The molecule has 0 saturated heterocycles.